The fourth-order valence-corrected chi connectivity index (χ4v) is 4.15. The lowest BCUT2D eigenvalue weighted by molar-refractivity contribution is -0.530. The van der Waals surface area contributed by atoms with Crippen LogP contribution in [0.2, 0.25) is 5.02 Å². The van der Waals surface area contributed by atoms with Crippen molar-refractivity contribution in [3.63, 3.8) is 0 Å². The quantitative estimate of drug-likeness (QED) is 0.611. The van der Waals surface area contributed by atoms with Crippen molar-refractivity contribution in [3.8, 4) is 0 Å². The number of nitrogens with zero attached hydrogens (tertiary/aromatic N) is 3. The summed E-state index contributed by atoms with van der Waals surface area (Å²) >= 11 is 5.97. The van der Waals surface area contributed by atoms with Crippen LogP contribution in [0.25, 0.3) is 0 Å². The van der Waals surface area contributed by atoms with Crippen LogP contribution >= 0.6 is 11.6 Å². The lowest BCUT2D eigenvalue weighted by Gasteiger charge is -2.26. The molecule has 0 spiro atoms. The van der Waals surface area contributed by atoms with Gasteiger partial charge in [-0.25, -0.2) is 5.01 Å². The van der Waals surface area contributed by atoms with Crippen molar-refractivity contribution in [3.05, 3.63) is 80.4 Å². The zero-order chi connectivity index (χ0) is 18.4. The van der Waals surface area contributed by atoms with E-state index in [2.05, 4.69) is 0 Å². The van der Waals surface area contributed by atoms with Gasteiger partial charge >= 0.3 is 0 Å². The number of fused-ring (bicyclic) bond motifs is 1. The van der Waals surface area contributed by atoms with E-state index in [9.17, 15) is 14.9 Å². The molecule has 2 aromatic carbocycles. The van der Waals surface area contributed by atoms with Crippen molar-refractivity contribution in [2.75, 3.05) is 6.54 Å². The van der Waals surface area contributed by atoms with Crippen LogP contribution in [0.5, 0.6) is 0 Å². The highest BCUT2D eigenvalue weighted by molar-refractivity contribution is 6.30. The number of aryl methyl sites for hydroxylation is 1. The van der Waals surface area contributed by atoms with Gasteiger partial charge in [0.2, 0.25) is 5.91 Å². The van der Waals surface area contributed by atoms with Gasteiger partial charge in [0.15, 0.2) is 0 Å². The van der Waals surface area contributed by atoms with Gasteiger partial charge in [0.1, 0.15) is 12.1 Å². The van der Waals surface area contributed by atoms with Gasteiger partial charge in [-0.2, -0.15) is 0 Å². The first kappa shape index (κ1) is 17.0. The van der Waals surface area contributed by atoms with E-state index in [0.717, 1.165) is 16.7 Å². The summed E-state index contributed by atoms with van der Waals surface area (Å²) in [6.45, 7) is 2.47. The van der Waals surface area contributed by atoms with Crippen molar-refractivity contribution >= 4 is 17.5 Å². The standard InChI is InChI=1S/C19H18ClN3O3/c1-12-2-4-13(5-3-12)17-19(23(25)26)18(14-6-8-15(20)9-7-14)22-16(24)10-11-21(17)22/h2-9,17-19H,10-11H2,1H3/t17-,18-,19+/m0/s1. The first-order valence-electron chi connectivity index (χ1n) is 8.51. The van der Waals surface area contributed by atoms with E-state index in [1.165, 1.54) is 0 Å². The van der Waals surface area contributed by atoms with Crippen LogP contribution in [0.1, 0.15) is 35.2 Å². The van der Waals surface area contributed by atoms with Gasteiger partial charge in [-0.05, 0) is 30.2 Å². The van der Waals surface area contributed by atoms with Crippen molar-refractivity contribution in [1.29, 1.82) is 0 Å². The first-order valence-corrected chi connectivity index (χ1v) is 8.89. The molecule has 0 radical (unpaired) electrons. The second kappa shape index (κ2) is 6.37. The smallest absolute Gasteiger partial charge is 0.259 e. The van der Waals surface area contributed by atoms with Gasteiger partial charge < -0.3 is 0 Å². The molecular weight excluding hydrogens is 354 g/mol. The number of rotatable bonds is 3. The first-order chi connectivity index (χ1) is 12.5. The molecule has 0 saturated carbocycles. The zero-order valence-corrected chi connectivity index (χ0v) is 15.0. The molecule has 0 aromatic heterocycles. The van der Waals surface area contributed by atoms with Crippen molar-refractivity contribution < 1.29 is 9.72 Å². The van der Waals surface area contributed by atoms with E-state index in [4.69, 9.17) is 11.6 Å². The number of carbonyl (C=O) groups is 1. The molecule has 26 heavy (non-hydrogen) atoms. The zero-order valence-electron chi connectivity index (χ0n) is 14.2. The molecule has 2 fully saturated rings. The van der Waals surface area contributed by atoms with E-state index < -0.39 is 18.1 Å². The monoisotopic (exact) mass is 371 g/mol. The van der Waals surface area contributed by atoms with E-state index in [1.807, 2.05) is 36.2 Å². The van der Waals surface area contributed by atoms with Crippen LogP contribution in [-0.4, -0.2) is 33.4 Å². The molecule has 2 aromatic rings. The number of hydrazine groups is 1. The Kier molecular flexibility index (Phi) is 4.17. The van der Waals surface area contributed by atoms with Crippen LogP contribution in [0.4, 0.5) is 0 Å². The predicted octanol–water partition coefficient (Wildman–Crippen LogP) is 3.54. The van der Waals surface area contributed by atoms with E-state index in [0.29, 0.717) is 18.0 Å². The highest BCUT2D eigenvalue weighted by atomic mass is 35.5. The predicted molar refractivity (Wildman–Crippen MR) is 97.1 cm³/mol. The molecule has 0 N–H and O–H groups in total. The molecule has 2 aliphatic rings. The van der Waals surface area contributed by atoms with E-state index >= 15 is 0 Å². The van der Waals surface area contributed by atoms with Gasteiger partial charge in [0.05, 0.1) is 0 Å². The maximum atomic E-state index is 12.5. The molecule has 7 heteroatoms. The summed E-state index contributed by atoms with van der Waals surface area (Å²) in [6, 6.07) is 12.6. The third-order valence-electron chi connectivity index (χ3n) is 5.19. The van der Waals surface area contributed by atoms with E-state index in [1.54, 1.807) is 29.3 Å². The van der Waals surface area contributed by atoms with Crippen LogP contribution in [0, 0.1) is 17.0 Å². The minimum absolute atomic E-state index is 0.0774. The average Bonchev–Trinajstić information content (AvgIpc) is 3.15. The maximum absolute atomic E-state index is 12.5. The molecule has 0 unspecified atom stereocenters. The van der Waals surface area contributed by atoms with Gasteiger partial charge in [-0.15, -0.1) is 0 Å². The van der Waals surface area contributed by atoms with Gasteiger partial charge in [0.25, 0.3) is 6.04 Å². The summed E-state index contributed by atoms with van der Waals surface area (Å²) in [5, 5.41) is 16.1. The summed E-state index contributed by atoms with van der Waals surface area (Å²) in [5.74, 6) is -0.0774. The molecule has 2 aliphatic heterocycles. The Hall–Kier alpha value is -2.44. The Bertz CT molecular complexity index is 853. The normalized spacial score (nSPS) is 25.5. The second-order valence-electron chi connectivity index (χ2n) is 6.78. The lowest BCUT2D eigenvalue weighted by atomic mass is 9.91. The van der Waals surface area contributed by atoms with Gasteiger partial charge in [0, 0.05) is 22.9 Å². The molecule has 0 aliphatic carbocycles. The number of hydrogen-bond acceptors (Lipinski definition) is 4. The highest BCUT2D eigenvalue weighted by Gasteiger charge is 2.59. The molecule has 6 nitrogen and oxygen atoms in total. The molecular formula is C19H18ClN3O3. The van der Waals surface area contributed by atoms with Crippen molar-refractivity contribution in [1.82, 2.24) is 10.0 Å². The Balaban J connectivity index is 1.84. The Morgan fingerprint density at radius 1 is 1.04 bits per heavy atom. The second-order valence-corrected chi connectivity index (χ2v) is 7.22. The van der Waals surface area contributed by atoms with Crippen molar-refractivity contribution in [2.45, 2.75) is 31.5 Å². The minimum atomic E-state index is -0.942. The van der Waals surface area contributed by atoms with Crippen molar-refractivity contribution in [2.24, 2.45) is 0 Å². The number of hydrogen-bond donors (Lipinski definition) is 0. The largest absolute Gasteiger partial charge is 0.273 e. The van der Waals surface area contributed by atoms with Crippen LogP contribution in [0.15, 0.2) is 48.5 Å². The molecule has 1 amide bonds. The molecule has 3 atom stereocenters. The molecule has 0 bridgehead atoms. The molecule has 2 heterocycles. The number of benzene rings is 2. The number of carbonyl (C=O) groups excluding carboxylic acids is 1. The number of nitro groups is 1. The summed E-state index contributed by atoms with van der Waals surface area (Å²) in [4.78, 5) is 24.3. The van der Waals surface area contributed by atoms with Crippen LogP contribution in [-0.2, 0) is 4.79 Å². The number of halogens is 1. The topological polar surface area (TPSA) is 66.7 Å². The molecule has 4 rings (SSSR count). The summed E-state index contributed by atoms with van der Waals surface area (Å²) < 4.78 is 0. The summed E-state index contributed by atoms with van der Waals surface area (Å²) in [7, 11) is 0. The van der Waals surface area contributed by atoms with Crippen LogP contribution in [0.3, 0.4) is 0 Å². The summed E-state index contributed by atoms with van der Waals surface area (Å²) in [6.07, 6.45) is 0.372. The van der Waals surface area contributed by atoms with Gasteiger partial charge in [-0.1, -0.05) is 53.6 Å². The lowest BCUT2D eigenvalue weighted by Crippen LogP contribution is -2.35. The molecule has 134 valence electrons. The Morgan fingerprint density at radius 3 is 2.23 bits per heavy atom. The third kappa shape index (κ3) is 2.66. The summed E-state index contributed by atoms with van der Waals surface area (Å²) in [5.41, 5.74) is 2.67. The molecule has 2 saturated heterocycles. The van der Waals surface area contributed by atoms with Gasteiger partial charge in [-0.3, -0.25) is 19.9 Å². The maximum Gasteiger partial charge on any atom is 0.259 e. The number of amides is 1. The third-order valence-corrected chi connectivity index (χ3v) is 5.44. The Labute approximate surface area is 156 Å². The average molecular weight is 372 g/mol. The SMILES string of the molecule is Cc1ccc([C@H]2[C@@H]([N+](=O)[O-])[C@H](c3ccc(Cl)cc3)N3C(=O)CCN23)cc1. The Morgan fingerprint density at radius 2 is 1.62 bits per heavy atom. The highest BCUT2D eigenvalue weighted by Crippen LogP contribution is 2.48. The van der Waals surface area contributed by atoms with Crippen LogP contribution < -0.4 is 0 Å². The minimum Gasteiger partial charge on any atom is -0.273 e. The van der Waals surface area contributed by atoms with E-state index in [-0.39, 0.29) is 10.8 Å². The fraction of sp³-hybridized carbons (Fsp3) is 0.316. The fourth-order valence-electron chi connectivity index (χ4n) is 4.02.